The maximum Gasteiger partial charge on any atom is 0.277 e. The van der Waals surface area contributed by atoms with E-state index < -0.39 is 0 Å². The van der Waals surface area contributed by atoms with Gasteiger partial charge in [0.2, 0.25) is 11.8 Å². The quantitative estimate of drug-likeness (QED) is 0.672. The van der Waals surface area contributed by atoms with Gasteiger partial charge in [-0.15, -0.1) is 16.6 Å². The van der Waals surface area contributed by atoms with Gasteiger partial charge in [0.25, 0.3) is 5.22 Å². The first-order valence-corrected chi connectivity index (χ1v) is 6.91. The highest BCUT2D eigenvalue weighted by atomic mass is 32.2. The molecule has 0 radical (unpaired) electrons. The number of carbonyl (C=O) groups is 1. The summed E-state index contributed by atoms with van der Waals surface area (Å²) in [6.45, 7) is 2.21. The van der Waals surface area contributed by atoms with Crippen LogP contribution in [0.1, 0.15) is 5.56 Å². The Balaban J connectivity index is 1.96. The molecule has 0 saturated heterocycles. The number of nitrogens with one attached hydrogen (secondary N) is 1. The number of terminal acetylenes is 1. The third kappa shape index (κ3) is 3.87. The average molecular weight is 287 g/mol. The molecule has 102 valence electrons. The van der Waals surface area contributed by atoms with E-state index >= 15 is 0 Å². The lowest BCUT2D eigenvalue weighted by molar-refractivity contribution is -0.118. The molecule has 2 aromatic rings. The zero-order valence-electron chi connectivity index (χ0n) is 10.9. The minimum Gasteiger partial charge on any atom is -0.411 e. The smallest absolute Gasteiger partial charge is 0.277 e. The molecule has 2 rings (SSSR count). The molecule has 0 saturated carbocycles. The summed E-state index contributed by atoms with van der Waals surface area (Å²) in [5.41, 5.74) is 1.98. The van der Waals surface area contributed by atoms with E-state index in [1.165, 1.54) is 11.8 Å². The van der Waals surface area contributed by atoms with E-state index in [-0.39, 0.29) is 18.2 Å². The Bertz CT molecular complexity index is 646. The van der Waals surface area contributed by atoms with Crippen LogP contribution in [0.25, 0.3) is 11.5 Å². The summed E-state index contributed by atoms with van der Waals surface area (Å²) >= 11 is 1.18. The summed E-state index contributed by atoms with van der Waals surface area (Å²) in [6.07, 6.45) is 5.05. The lowest BCUT2D eigenvalue weighted by Gasteiger charge is -1.98. The van der Waals surface area contributed by atoms with Crippen LogP contribution in [0, 0.1) is 19.3 Å². The predicted molar refractivity (Wildman–Crippen MR) is 77.0 cm³/mol. The number of benzene rings is 1. The van der Waals surface area contributed by atoms with Gasteiger partial charge < -0.3 is 9.73 Å². The van der Waals surface area contributed by atoms with Crippen molar-refractivity contribution in [3.63, 3.8) is 0 Å². The Morgan fingerprint density at radius 1 is 1.50 bits per heavy atom. The van der Waals surface area contributed by atoms with Gasteiger partial charge in [-0.3, -0.25) is 4.79 Å². The number of nitrogens with zero attached hydrogens (tertiary/aromatic N) is 2. The van der Waals surface area contributed by atoms with Crippen molar-refractivity contribution in [1.82, 2.24) is 15.5 Å². The van der Waals surface area contributed by atoms with Crippen LogP contribution >= 0.6 is 11.8 Å². The molecule has 20 heavy (non-hydrogen) atoms. The van der Waals surface area contributed by atoms with Crippen LogP contribution in [0.3, 0.4) is 0 Å². The van der Waals surface area contributed by atoms with Crippen LogP contribution in [-0.2, 0) is 4.79 Å². The maximum atomic E-state index is 11.4. The zero-order valence-corrected chi connectivity index (χ0v) is 11.7. The van der Waals surface area contributed by atoms with Crippen molar-refractivity contribution in [2.45, 2.75) is 12.1 Å². The van der Waals surface area contributed by atoms with Crippen molar-refractivity contribution < 1.29 is 9.21 Å². The van der Waals surface area contributed by atoms with Gasteiger partial charge >= 0.3 is 0 Å². The molecule has 0 fully saturated rings. The Hall–Kier alpha value is -2.26. The maximum absolute atomic E-state index is 11.4. The lowest BCUT2D eigenvalue weighted by atomic mass is 10.1. The molecule has 1 aromatic heterocycles. The van der Waals surface area contributed by atoms with Crippen molar-refractivity contribution in [3.8, 4) is 23.8 Å². The van der Waals surface area contributed by atoms with Crippen molar-refractivity contribution in [3.05, 3.63) is 29.8 Å². The second-order valence-corrected chi connectivity index (χ2v) is 4.94. The predicted octanol–water partition coefficient (Wildman–Crippen LogP) is 1.89. The summed E-state index contributed by atoms with van der Waals surface area (Å²) in [6, 6.07) is 7.77. The molecule has 5 nitrogen and oxygen atoms in total. The third-order valence-electron chi connectivity index (χ3n) is 2.39. The molecule has 0 unspecified atom stereocenters. The van der Waals surface area contributed by atoms with Gasteiger partial charge in [0.1, 0.15) is 0 Å². The summed E-state index contributed by atoms with van der Waals surface area (Å²) in [4.78, 5) is 11.4. The fraction of sp³-hybridized carbons (Fsp3) is 0.214. The summed E-state index contributed by atoms with van der Waals surface area (Å²) < 4.78 is 5.50. The Morgan fingerprint density at radius 2 is 2.35 bits per heavy atom. The van der Waals surface area contributed by atoms with Crippen LogP contribution in [0.15, 0.2) is 33.9 Å². The second kappa shape index (κ2) is 6.78. The van der Waals surface area contributed by atoms with E-state index in [1.54, 1.807) is 0 Å². The van der Waals surface area contributed by atoms with Crippen LogP contribution in [-0.4, -0.2) is 28.4 Å². The minimum atomic E-state index is -0.164. The third-order valence-corrected chi connectivity index (χ3v) is 3.20. The fourth-order valence-electron chi connectivity index (χ4n) is 1.49. The molecule has 6 heteroatoms. The number of aromatic nitrogens is 2. The topological polar surface area (TPSA) is 68.0 Å². The van der Waals surface area contributed by atoms with Gasteiger partial charge in [-0.25, -0.2) is 0 Å². The van der Waals surface area contributed by atoms with E-state index in [9.17, 15) is 4.79 Å². The monoisotopic (exact) mass is 287 g/mol. The van der Waals surface area contributed by atoms with Gasteiger partial charge in [-0.1, -0.05) is 35.4 Å². The molecule has 1 aromatic carbocycles. The second-order valence-electron chi connectivity index (χ2n) is 4.01. The van der Waals surface area contributed by atoms with E-state index in [2.05, 4.69) is 21.4 Å². The van der Waals surface area contributed by atoms with Crippen molar-refractivity contribution in [2.75, 3.05) is 12.3 Å². The Morgan fingerprint density at radius 3 is 3.10 bits per heavy atom. The van der Waals surface area contributed by atoms with Crippen LogP contribution in [0.5, 0.6) is 0 Å². The van der Waals surface area contributed by atoms with Crippen LogP contribution in [0.4, 0.5) is 0 Å². The normalized spacial score (nSPS) is 10.0. The number of rotatable bonds is 5. The van der Waals surface area contributed by atoms with Gasteiger partial charge in [0.15, 0.2) is 0 Å². The number of carbonyl (C=O) groups excluding carboxylic acids is 1. The molecule has 0 atom stereocenters. The number of amides is 1. The standard InChI is InChI=1S/C14H13N3O2S/c1-3-7-15-12(18)9-20-14-17-16-13(19-14)11-6-4-5-10(2)8-11/h1,4-6,8H,7,9H2,2H3,(H,15,18). The number of thioether (sulfide) groups is 1. The largest absolute Gasteiger partial charge is 0.411 e. The highest BCUT2D eigenvalue weighted by molar-refractivity contribution is 7.99. The average Bonchev–Trinajstić information content (AvgIpc) is 2.92. The lowest BCUT2D eigenvalue weighted by Crippen LogP contribution is -2.25. The molecule has 1 amide bonds. The first-order valence-electron chi connectivity index (χ1n) is 5.92. The van der Waals surface area contributed by atoms with E-state index in [0.29, 0.717) is 11.1 Å². The molecular formula is C14H13N3O2S. The fourth-order valence-corrected chi connectivity index (χ4v) is 2.08. The Kier molecular flexibility index (Phi) is 4.80. The molecule has 0 spiro atoms. The van der Waals surface area contributed by atoms with Crippen molar-refractivity contribution in [2.24, 2.45) is 0 Å². The van der Waals surface area contributed by atoms with Gasteiger partial charge in [-0.05, 0) is 19.1 Å². The highest BCUT2D eigenvalue weighted by Crippen LogP contribution is 2.23. The van der Waals surface area contributed by atoms with Crippen LogP contribution < -0.4 is 5.32 Å². The number of aryl methyl sites for hydroxylation is 1. The molecule has 0 aliphatic rings. The first-order chi connectivity index (χ1) is 9.69. The van der Waals surface area contributed by atoms with E-state index in [4.69, 9.17) is 10.8 Å². The number of hydrogen-bond donors (Lipinski definition) is 1. The summed E-state index contributed by atoms with van der Waals surface area (Å²) in [5.74, 6) is 2.81. The summed E-state index contributed by atoms with van der Waals surface area (Å²) in [5, 5.41) is 10.8. The highest BCUT2D eigenvalue weighted by Gasteiger charge is 2.10. The van der Waals surface area contributed by atoms with Crippen molar-refractivity contribution in [1.29, 1.82) is 0 Å². The molecule has 0 aliphatic carbocycles. The molecule has 0 aliphatic heterocycles. The van der Waals surface area contributed by atoms with E-state index in [0.717, 1.165) is 11.1 Å². The van der Waals surface area contributed by atoms with Gasteiger partial charge in [-0.2, -0.15) is 0 Å². The molecule has 0 bridgehead atoms. The summed E-state index contributed by atoms with van der Waals surface area (Å²) in [7, 11) is 0. The molecular weight excluding hydrogens is 274 g/mol. The SMILES string of the molecule is C#CCNC(=O)CSc1nnc(-c2cccc(C)c2)o1. The Labute approximate surface area is 121 Å². The molecule has 1 N–H and O–H groups in total. The van der Waals surface area contributed by atoms with Crippen LogP contribution in [0.2, 0.25) is 0 Å². The number of hydrogen-bond acceptors (Lipinski definition) is 5. The van der Waals surface area contributed by atoms with Gasteiger partial charge in [0.05, 0.1) is 12.3 Å². The minimum absolute atomic E-state index is 0.164. The molecule has 1 heterocycles. The zero-order chi connectivity index (χ0) is 14.4. The first kappa shape index (κ1) is 14.2. The van der Waals surface area contributed by atoms with Gasteiger partial charge in [0, 0.05) is 5.56 Å². The van der Waals surface area contributed by atoms with Crippen molar-refractivity contribution >= 4 is 17.7 Å². The van der Waals surface area contributed by atoms with E-state index in [1.807, 2.05) is 31.2 Å².